The summed E-state index contributed by atoms with van der Waals surface area (Å²) >= 11 is 0. The van der Waals surface area contributed by atoms with E-state index in [9.17, 15) is 13.2 Å². The number of aryl methyl sites for hydroxylation is 2. The zero-order valence-electron chi connectivity index (χ0n) is 12.0. The lowest BCUT2D eigenvalue weighted by Crippen LogP contribution is -2.31. The standard InChI is InChI=1S/C14H20N2O3S/c1-10-4-5-13(11(2)6-10)20(18,19)15-8-12-7-14(17)16(3)9-12/h4-6,12,15H,7-9H2,1-3H3. The Labute approximate surface area is 120 Å². The van der Waals surface area contributed by atoms with Crippen LogP contribution in [0, 0.1) is 19.8 Å². The van der Waals surface area contributed by atoms with E-state index in [2.05, 4.69) is 4.72 Å². The van der Waals surface area contributed by atoms with Crippen LogP contribution >= 0.6 is 0 Å². The van der Waals surface area contributed by atoms with E-state index < -0.39 is 10.0 Å². The molecule has 0 aliphatic carbocycles. The van der Waals surface area contributed by atoms with E-state index in [1.54, 1.807) is 31.0 Å². The van der Waals surface area contributed by atoms with E-state index in [-0.39, 0.29) is 11.8 Å². The number of nitrogens with one attached hydrogen (secondary N) is 1. The number of carbonyl (C=O) groups excluding carboxylic acids is 1. The van der Waals surface area contributed by atoms with Gasteiger partial charge in [0.25, 0.3) is 0 Å². The van der Waals surface area contributed by atoms with E-state index in [0.717, 1.165) is 11.1 Å². The molecule has 0 aromatic heterocycles. The molecule has 1 fully saturated rings. The van der Waals surface area contributed by atoms with Crippen LogP contribution in [-0.4, -0.2) is 39.4 Å². The summed E-state index contributed by atoms with van der Waals surface area (Å²) in [5.74, 6) is 0.119. The quantitative estimate of drug-likeness (QED) is 0.903. The fourth-order valence-corrected chi connectivity index (χ4v) is 3.84. The summed E-state index contributed by atoms with van der Waals surface area (Å²) in [5, 5.41) is 0. The van der Waals surface area contributed by atoms with Gasteiger partial charge in [-0.15, -0.1) is 0 Å². The third-order valence-electron chi connectivity index (χ3n) is 3.60. The van der Waals surface area contributed by atoms with E-state index in [0.29, 0.717) is 24.4 Å². The molecule has 2 rings (SSSR count). The van der Waals surface area contributed by atoms with Gasteiger partial charge in [0.1, 0.15) is 0 Å². The van der Waals surface area contributed by atoms with Crippen molar-refractivity contribution in [2.75, 3.05) is 20.1 Å². The number of sulfonamides is 1. The van der Waals surface area contributed by atoms with Gasteiger partial charge in [0, 0.05) is 26.6 Å². The monoisotopic (exact) mass is 296 g/mol. The summed E-state index contributed by atoms with van der Waals surface area (Å²) in [4.78, 5) is 13.4. The van der Waals surface area contributed by atoms with E-state index in [4.69, 9.17) is 0 Å². The average molecular weight is 296 g/mol. The Morgan fingerprint density at radius 3 is 2.60 bits per heavy atom. The Balaban J connectivity index is 2.06. The number of rotatable bonds is 4. The first-order chi connectivity index (χ1) is 9.29. The van der Waals surface area contributed by atoms with Gasteiger partial charge in [0.2, 0.25) is 15.9 Å². The number of benzene rings is 1. The maximum absolute atomic E-state index is 12.3. The van der Waals surface area contributed by atoms with Crippen molar-refractivity contribution >= 4 is 15.9 Å². The summed E-state index contributed by atoms with van der Waals surface area (Å²) in [5.41, 5.74) is 1.77. The van der Waals surface area contributed by atoms with Gasteiger partial charge in [-0.25, -0.2) is 13.1 Å². The molecule has 1 aromatic rings. The molecular formula is C14H20N2O3S. The normalized spacial score (nSPS) is 19.6. The second-order valence-corrected chi connectivity index (χ2v) is 7.20. The number of amides is 1. The molecule has 1 heterocycles. The highest BCUT2D eigenvalue weighted by Gasteiger charge is 2.28. The second kappa shape index (κ2) is 5.54. The molecule has 1 saturated heterocycles. The lowest BCUT2D eigenvalue weighted by molar-refractivity contribution is -0.126. The fourth-order valence-electron chi connectivity index (χ4n) is 2.50. The van der Waals surface area contributed by atoms with Crippen molar-refractivity contribution in [3.05, 3.63) is 29.3 Å². The van der Waals surface area contributed by atoms with Crippen LogP contribution in [0.15, 0.2) is 23.1 Å². The van der Waals surface area contributed by atoms with Crippen molar-refractivity contribution < 1.29 is 13.2 Å². The maximum atomic E-state index is 12.3. The molecule has 1 amide bonds. The minimum absolute atomic E-state index is 0.0491. The van der Waals surface area contributed by atoms with E-state index in [1.807, 2.05) is 13.0 Å². The number of hydrogen-bond donors (Lipinski definition) is 1. The largest absolute Gasteiger partial charge is 0.345 e. The minimum Gasteiger partial charge on any atom is -0.345 e. The third-order valence-corrected chi connectivity index (χ3v) is 5.19. The maximum Gasteiger partial charge on any atom is 0.240 e. The van der Waals surface area contributed by atoms with Gasteiger partial charge in [0.05, 0.1) is 4.90 Å². The highest BCUT2D eigenvalue weighted by atomic mass is 32.2. The Hall–Kier alpha value is -1.40. The first kappa shape index (κ1) is 15.0. The molecule has 1 aliphatic heterocycles. The molecule has 6 heteroatoms. The summed E-state index contributed by atoms with van der Waals surface area (Å²) in [6.07, 6.45) is 0.409. The first-order valence-electron chi connectivity index (χ1n) is 6.60. The number of nitrogens with zero attached hydrogens (tertiary/aromatic N) is 1. The summed E-state index contributed by atoms with van der Waals surface area (Å²) in [6, 6.07) is 5.26. The second-order valence-electron chi connectivity index (χ2n) is 5.47. The van der Waals surface area contributed by atoms with Crippen molar-refractivity contribution in [2.24, 2.45) is 5.92 Å². The Bertz CT molecular complexity index is 625. The highest BCUT2D eigenvalue weighted by Crippen LogP contribution is 2.18. The Morgan fingerprint density at radius 1 is 1.35 bits per heavy atom. The van der Waals surface area contributed by atoms with Crippen LogP contribution in [-0.2, 0) is 14.8 Å². The molecule has 5 nitrogen and oxygen atoms in total. The van der Waals surface area contributed by atoms with Gasteiger partial charge in [-0.05, 0) is 31.4 Å². The van der Waals surface area contributed by atoms with Crippen molar-refractivity contribution in [1.29, 1.82) is 0 Å². The van der Waals surface area contributed by atoms with Crippen LogP contribution in [0.2, 0.25) is 0 Å². The zero-order chi connectivity index (χ0) is 14.9. The molecule has 0 saturated carbocycles. The van der Waals surface area contributed by atoms with Crippen molar-refractivity contribution in [1.82, 2.24) is 9.62 Å². The SMILES string of the molecule is Cc1ccc(S(=O)(=O)NCC2CC(=O)N(C)C2)c(C)c1. The molecule has 110 valence electrons. The van der Waals surface area contributed by atoms with Gasteiger partial charge >= 0.3 is 0 Å². The van der Waals surface area contributed by atoms with Crippen LogP contribution in [0.25, 0.3) is 0 Å². The molecule has 1 aromatic carbocycles. The lowest BCUT2D eigenvalue weighted by atomic mass is 10.1. The summed E-state index contributed by atoms with van der Waals surface area (Å²) in [7, 11) is -1.77. The molecule has 1 N–H and O–H groups in total. The minimum atomic E-state index is -3.51. The van der Waals surface area contributed by atoms with Crippen LogP contribution in [0.3, 0.4) is 0 Å². The van der Waals surface area contributed by atoms with Crippen LogP contribution in [0.5, 0.6) is 0 Å². The molecule has 0 spiro atoms. The molecule has 0 radical (unpaired) electrons. The number of hydrogen-bond acceptors (Lipinski definition) is 3. The van der Waals surface area contributed by atoms with E-state index in [1.165, 1.54) is 0 Å². The molecular weight excluding hydrogens is 276 g/mol. The van der Waals surface area contributed by atoms with Crippen molar-refractivity contribution in [3.8, 4) is 0 Å². The van der Waals surface area contributed by atoms with Crippen LogP contribution in [0.1, 0.15) is 17.5 Å². The topological polar surface area (TPSA) is 66.5 Å². The third kappa shape index (κ3) is 3.19. The lowest BCUT2D eigenvalue weighted by Gasteiger charge is -2.13. The number of carbonyl (C=O) groups is 1. The van der Waals surface area contributed by atoms with Gasteiger partial charge in [-0.2, -0.15) is 0 Å². The summed E-state index contributed by atoms with van der Waals surface area (Å²) in [6.45, 7) is 4.62. The molecule has 1 unspecified atom stereocenters. The zero-order valence-corrected chi connectivity index (χ0v) is 12.8. The molecule has 1 atom stereocenters. The highest BCUT2D eigenvalue weighted by molar-refractivity contribution is 7.89. The van der Waals surface area contributed by atoms with E-state index >= 15 is 0 Å². The summed E-state index contributed by atoms with van der Waals surface area (Å²) < 4.78 is 27.2. The average Bonchev–Trinajstić information content (AvgIpc) is 2.66. The molecule has 20 heavy (non-hydrogen) atoms. The van der Waals surface area contributed by atoms with Gasteiger partial charge in [-0.1, -0.05) is 17.7 Å². The Morgan fingerprint density at radius 2 is 2.05 bits per heavy atom. The molecule has 1 aliphatic rings. The van der Waals surface area contributed by atoms with Crippen molar-refractivity contribution in [3.63, 3.8) is 0 Å². The predicted octanol–water partition coefficient (Wildman–Crippen LogP) is 1.06. The smallest absolute Gasteiger partial charge is 0.240 e. The van der Waals surface area contributed by atoms with Gasteiger partial charge < -0.3 is 4.90 Å². The predicted molar refractivity (Wildman–Crippen MR) is 76.8 cm³/mol. The first-order valence-corrected chi connectivity index (χ1v) is 8.09. The fraction of sp³-hybridized carbons (Fsp3) is 0.500. The van der Waals surface area contributed by atoms with Gasteiger partial charge in [-0.3, -0.25) is 4.79 Å². The van der Waals surface area contributed by atoms with Crippen LogP contribution < -0.4 is 4.72 Å². The van der Waals surface area contributed by atoms with Crippen molar-refractivity contribution in [2.45, 2.75) is 25.2 Å². The van der Waals surface area contributed by atoms with Gasteiger partial charge in [0.15, 0.2) is 0 Å². The Kier molecular flexibility index (Phi) is 4.15. The number of likely N-dealkylation sites (tertiary alicyclic amines) is 1. The molecule has 0 bridgehead atoms. The van der Waals surface area contributed by atoms with Crippen LogP contribution in [0.4, 0.5) is 0 Å².